The summed E-state index contributed by atoms with van der Waals surface area (Å²) in [7, 11) is 0. The predicted octanol–water partition coefficient (Wildman–Crippen LogP) is 4.49. The summed E-state index contributed by atoms with van der Waals surface area (Å²) < 4.78 is 0. The number of hydrogen-bond donors (Lipinski definition) is 1. The normalized spacial score (nSPS) is 28.5. The van der Waals surface area contributed by atoms with Gasteiger partial charge in [0.1, 0.15) is 0 Å². The third-order valence-electron chi connectivity index (χ3n) is 5.22. The van der Waals surface area contributed by atoms with Gasteiger partial charge in [-0.1, -0.05) is 20.8 Å². The molecule has 1 aromatic carbocycles. The number of thiocarbonyl (C=S) groups is 1. The lowest BCUT2D eigenvalue weighted by atomic mass is 9.65. The number of nitrogens with zero attached hydrogens (tertiary/aromatic N) is 1. The minimum Gasteiger partial charge on any atom is -0.345 e. The van der Waals surface area contributed by atoms with E-state index in [0.717, 1.165) is 22.9 Å². The number of anilines is 1. The van der Waals surface area contributed by atoms with Gasteiger partial charge in [0.25, 0.3) is 0 Å². The molecule has 1 saturated carbocycles. The number of Topliss-reactive ketones (excluding diaryl/α,β-unsaturated/α-hetero) is 1. The van der Waals surface area contributed by atoms with Crippen molar-refractivity contribution in [2.75, 3.05) is 11.9 Å². The van der Waals surface area contributed by atoms with E-state index in [-0.39, 0.29) is 5.78 Å². The number of carbonyl (C=O) groups is 1. The maximum absolute atomic E-state index is 11.4. The van der Waals surface area contributed by atoms with Crippen molar-refractivity contribution in [1.29, 1.82) is 0 Å². The van der Waals surface area contributed by atoms with Crippen LogP contribution in [0.3, 0.4) is 0 Å². The fraction of sp³-hybridized carbons (Fsp3) is 0.579. The molecule has 3 nitrogen and oxygen atoms in total. The van der Waals surface area contributed by atoms with Crippen molar-refractivity contribution in [2.45, 2.75) is 53.0 Å². The number of carbonyl (C=O) groups excluding carboxylic acids is 1. The van der Waals surface area contributed by atoms with Crippen LogP contribution in [-0.2, 0) is 0 Å². The quantitative estimate of drug-likeness (QED) is 0.640. The molecular formula is C19H26N2OS. The van der Waals surface area contributed by atoms with Crippen LogP contribution in [0.2, 0.25) is 0 Å². The fourth-order valence-electron chi connectivity index (χ4n) is 4.68. The molecule has 1 aliphatic heterocycles. The van der Waals surface area contributed by atoms with E-state index < -0.39 is 0 Å². The molecule has 1 heterocycles. The van der Waals surface area contributed by atoms with Crippen molar-refractivity contribution in [2.24, 2.45) is 10.8 Å². The van der Waals surface area contributed by atoms with Crippen LogP contribution in [0, 0.1) is 10.8 Å². The van der Waals surface area contributed by atoms with Crippen LogP contribution in [-0.4, -0.2) is 28.4 Å². The summed E-state index contributed by atoms with van der Waals surface area (Å²) in [5.41, 5.74) is 2.44. The molecule has 0 radical (unpaired) electrons. The minimum atomic E-state index is 0.0858. The SMILES string of the molecule is CC(=O)c1ccc(NC(=S)N2C[C@@]3(C)C[C@@H]2CC(C)(C)C3)cc1. The van der Waals surface area contributed by atoms with Crippen LogP contribution in [0.4, 0.5) is 5.69 Å². The average molecular weight is 330 g/mol. The maximum atomic E-state index is 11.4. The zero-order valence-corrected chi connectivity index (χ0v) is 15.3. The number of rotatable bonds is 2. The molecule has 2 aliphatic rings. The van der Waals surface area contributed by atoms with Gasteiger partial charge in [-0.25, -0.2) is 0 Å². The molecule has 1 N–H and O–H groups in total. The highest BCUT2D eigenvalue weighted by Crippen LogP contribution is 2.52. The van der Waals surface area contributed by atoms with E-state index in [1.807, 2.05) is 24.3 Å². The van der Waals surface area contributed by atoms with E-state index in [0.29, 0.717) is 16.9 Å². The Hall–Kier alpha value is -1.42. The van der Waals surface area contributed by atoms with Gasteiger partial charge in [-0.2, -0.15) is 0 Å². The molecule has 1 aliphatic carbocycles. The number of likely N-dealkylation sites (tertiary alicyclic amines) is 1. The molecule has 3 rings (SSSR count). The Morgan fingerprint density at radius 1 is 1.22 bits per heavy atom. The van der Waals surface area contributed by atoms with Crippen LogP contribution in [0.1, 0.15) is 57.3 Å². The molecule has 0 aromatic heterocycles. The van der Waals surface area contributed by atoms with Gasteiger partial charge >= 0.3 is 0 Å². The third-order valence-corrected chi connectivity index (χ3v) is 5.55. The van der Waals surface area contributed by atoms with Crippen LogP contribution < -0.4 is 5.32 Å². The van der Waals surface area contributed by atoms with Crippen LogP contribution in [0.15, 0.2) is 24.3 Å². The Balaban J connectivity index is 1.70. The first-order valence-corrected chi connectivity index (χ1v) is 8.77. The number of benzene rings is 1. The summed E-state index contributed by atoms with van der Waals surface area (Å²) in [6, 6.07) is 8.09. The van der Waals surface area contributed by atoms with Gasteiger partial charge in [0.15, 0.2) is 10.9 Å². The molecule has 0 unspecified atom stereocenters. The van der Waals surface area contributed by atoms with Crippen molar-refractivity contribution in [3.8, 4) is 0 Å². The van der Waals surface area contributed by atoms with Crippen molar-refractivity contribution in [3.05, 3.63) is 29.8 Å². The lowest BCUT2D eigenvalue weighted by molar-refractivity contribution is 0.101. The smallest absolute Gasteiger partial charge is 0.173 e. The summed E-state index contributed by atoms with van der Waals surface area (Å²) in [5.74, 6) is 0.0858. The Bertz CT molecular complexity index is 637. The average Bonchev–Trinajstić information content (AvgIpc) is 2.68. The van der Waals surface area contributed by atoms with Gasteiger partial charge in [-0.05, 0) is 73.5 Å². The molecule has 124 valence electrons. The molecular weight excluding hydrogens is 304 g/mol. The third kappa shape index (κ3) is 3.42. The lowest BCUT2D eigenvalue weighted by Gasteiger charge is -2.39. The number of hydrogen-bond acceptors (Lipinski definition) is 2. The second-order valence-corrected chi connectivity index (χ2v) is 8.79. The Morgan fingerprint density at radius 2 is 1.87 bits per heavy atom. The second kappa shape index (κ2) is 5.59. The van der Waals surface area contributed by atoms with Crippen LogP contribution >= 0.6 is 12.2 Å². The largest absolute Gasteiger partial charge is 0.345 e. The first-order valence-electron chi connectivity index (χ1n) is 8.36. The second-order valence-electron chi connectivity index (χ2n) is 8.41. The molecule has 1 saturated heterocycles. The summed E-state index contributed by atoms with van der Waals surface area (Å²) in [6.45, 7) is 9.76. The van der Waals surface area contributed by atoms with Crippen molar-refractivity contribution in [1.82, 2.24) is 4.90 Å². The number of fused-ring (bicyclic) bond motifs is 2. The number of ketones is 1. The highest BCUT2D eigenvalue weighted by molar-refractivity contribution is 7.80. The maximum Gasteiger partial charge on any atom is 0.173 e. The fourth-order valence-corrected chi connectivity index (χ4v) is 5.01. The van der Waals surface area contributed by atoms with Crippen molar-refractivity contribution < 1.29 is 4.79 Å². The first kappa shape index (κ1) is 16.4. The van der Waals surface area contributed by atoms with E-state index in [2.05, 4.69) is 31.0 Å². The predicted molar refractivity (Wildman–Crippen MR) is 98.9 cm³/mol. The molecule has 4 heteroatoms. The Labute approximate surface area is 144 Å². The molecule has 23 heavy (non-hydrogen) atoms. The van der Waals surface area contributed by atoms with Crippen LogP contribution in [0.5, 0.6) is 0 Å². The number of nitrogens with one attached hydrogen (secondary N) is 1. The Morgan fingerprint density at radius 3 is 2.48 bits per heavy atom. The van der Waals surface area contributed by atoms with E-state index in [1.165, 1.54) is 19.3 Å². The topological polar surface area (TPSA) is 32.3 Å². The van der Waals surface area contributed by atoms with Gasteiger partial charge in [0.05, 0.1) is 0 Å². The van der Waals surface area contributed by atoms with E-state index in [9.17, 15) is 4.79 Å². The van der Waals surface area contributed by atoms with Gasteiger partial charge in [0.2, 0.25) is 0 Å². The minimum absolute atomic E-state index is 0.0858. The zero-order valence-electron chi connectivity index (χ0n) is 14.5. The van der Waals surface area contributed by atoms with Crippen molar-refractivity contribution in [3.63, 3.8) is 0 Å². The van der Waals surface area contributed by atoms with E-state index in [4.69, 9.17) is 12.2 Å². The van der Waals surface area contributed by atoms with Gasteiger partial charge in [-0.3, -0.25) is 4.79 Å². The van der Waals surface area contributed by atoms with E-state index in [1.54, 1.807) is 6.92 Å². The molecule has 2 atom stereocenters. The Kier molecular flexibility index (Phi) is 3.99. The molecule has 0 amide bonds. The monoisotopic (exact) mass is 330 g/mol. The van der Waals surface area contributed by atoms with E-state index >= 15 is 0 Å². The molecule has 2 fully saturated rings. The summed E-state index contributed by atoms with van der Waals surface area (Å²) in [6.07, 6.45) is 3.71. The van der Waals surface area contributed by atoms with Crippen LogP contribution in [0.25, 0.3) is 0 Å². The van der Waals surface area contributed by atoms with Gasteiger partial charge in [0, 0.05) is 23.8 Å². The highest BCUT2D eigenvalue weighted by Gasteiger charge is 2.50. The van der Waals surface area contributed by atoms with Gasteiger partial charge in [-0.15, -0.1) is 0 Å². The van der Waals surface area contributed by atoms with Crippen molar-refractivity contribution >= 4 is 28.8 Å². The van der Waals surface area contributed by atoms with Gasteiger partial charge < -0.3 is 10.2 Å². The molecule has 0 spiro atoms. The summed E-state index contributed by atoms with van der Waals surface area (Å²) >= 11 is 5.68. The highest BCUT2D eigenvalue weighted by atomic mass is 32.1. The first-order chi connectivity index (χ1) is 10.7. The summed E-state index contributed by atoms with van der Waals surface area (Å²) in [5, 5.41) is 4.17. The zero-order chi connectivity index (χ0) is 16.8. The standard InChI is InChI=1S/C19H26N2OS/c1-13(22)14-5-7-15(8-6-14)20-17(23)21-12-19(4)10-16(21)9-18(2,3)11-19/h5-8,16H,9-12H2,1-4H3,(H,20,23)/t16-,19-/m0/s1. The summed E-state index contributed by atoms with van der Waals surface area (Å²) in [4.78, 5) is 13.7. The lowest BCUT2D eigenvalue weighted by Crippen LogP contribution is -2.39. The molecule has 2 bridgehead atoms. The molecule has 1 aromatic rings.